The summed E-state index contributed by atoms with van der Waals surface area (Å²) in [7, 11) is 0.331. The predicted octanol–water partition coefficient (Wildman–Crippen LogP) is 1.71. The first kappa shape index (κ1) is 20.9. The Kier molecular flexibility index (Phi) is 6.38. The van der Waals surface area contributed by atoms with Crippen LogP contribution in [0.3, 0.4) is 0 Å². The van der Waals surface area contributed by atoms with Gasteiger partial charge in [-0.25, -0.2) is 13.6 Å². The first-order valence-corrected chi connectivity index (χ1v) is 9.16. The molecular weight excluding hydrogens is 392 g/mol. The van der Waals surface area contributed by atoms with Gasteiger partial charge >= 0.3 is 0 Å². The van der Waals surface area contributed by atoms with Crippen LogP contribution < -0.4 is 24.8 Å². The first-order chi connectivity index (χ1) is 13.2. The molecule has 0 fully saturated rings. The van der Waals surface area contributed by atoms with Crippen LogP contribution in [0.1, 0.15) is 5.56 Å². The van der Waals surface area contributed by atoms with E-state index in [2.05, 4.69) is 10.5 Å². The van der Waals surface area contributed by atoms with Crippen LogP contribution in [0.15, 0.2) is 40.3 Å². The fraction of sp³-hybridized carbons (Fsp3) is 0.188. The Hall–Kier alpha value is -3.38. The molecule has 28 heavy (non-hydrogen) atoms. The lowest BCUT2D eigenvalue weighted by Gasteiger charge is -2.12. The largest absolute Gasteiger partial charge is 0.493 e. The van der Waals surface area contributed by atoms with Crippen LogP contribution in [-0.2, 0) is 10.0 Å². The van der Waals surface area contributed by atoms with Crippen LogP contribution in [0.2, 0.25) is 0 Å². The summed E-state index contributed by atoms with van der Waals surface area (Å²) in [4.78, 5) is 10.1. The zero-order valence-electron chi connectivity index (χ0n) is 15.2. The second-order valence-electron chi connectivity index (χ2n) is 5.31. The van der Waals surface area contributed by atoms with Crippen LogP contribution >= 0.6 is 0 Å². The van der Waals surface area contributed by atoms with Crippen molar-refractivity contribution in [2.75, 3.05) is 26.8 Å². The molecule has 0 aliphatic carbocycles. The van der Waals surface area contributed by atoms with Crippen molar-refractivity contribution in [2.24, 2.45) is 10.2 Å². The number of hydrogen-bond donors (Lipinski definition) is 2. The summed E-state index contributed by atoms with van der Waals surface area (Å²) in [5, 5.41) is 20.1. The highest BCUT2D eigenvalue weighted by Crippen LogP contribution is 2.37. The van der Waals surface area contributed by atoms with Crippen molar-refractivity contribution >= 4 is 27.6 Å². The molecule has 0 saturated heterocycles. The fourth-order valence-corrected chi connectivity index (χ4v) is 2.82. The van der Waals surface area contributed by atoms with Gasteiger partial charge in [-0.2, -0.15) is 5.10 Å². The van der Waals surface area contributed by atoms with Gasteiger partial charge < -0.3 is 14.2 Å². The van der Waals surface area contributed by atoms with Crippen LogP contribution in [-0.4, -0.2) is 40.9 Å². The van der Waals surface area contributed by atoms with E-state index in [0.29, 0.717) is 22.8 Å². The predicted molar refractivity (Wildman–Crippen MR) is 102 cm³/mol. The maximum atomic E-state index is 11.4. The third-order valence-corrected chi connectivity index (χ3v) is 4.49. The van der Waals surface area contributed by atoms with Crippen molar-refractivity contribution in [1.29, 1.82) is 0 Å². The number of anilines is 1. The van der Waals surface area contributed by atoms with Crippen molar-refractivity contribution in [3.05, 3.63) is 46.0 Å². The maximum absolute atomic E-state index is 11.4. The topological polar surface area (TPSA) is 155 Å². The number of ether oxygens (including phenoxy) is 3. The van der Waals surface area contributed by atoms with Gasteiger partial charge in [-0.05, 0) is 24.3 Å². The Morgan fingerprint density at radius 3 is 2.18 bits per heavy atom. The number of benzene rings is 2. The molecule has 2 aromatic rings. The molecule has 0 saturated carbocycles. The van der Waals surface area contributed by atoms with Gasteiger partial charge in [-0.1, -0.05) is 0 Å². The fourth-order valence-electron chi connectivity index (χ4n) is 2.29. The van der Waals surface area contributed by atoms with E-state index >= 15 is 0 Å². The Bertz CT molecular complexity index is 997. The van der Waals surface area contributed by atoms with E-state index in [4.69, 9.17) is 19.3 Å². The minimum absolute atomic E-state index is 0.0129. The van der Waals surface area contributed by atoms with Gasteiger partial charge in [-0.3, -0.25) is 15.5 Å². The number of nitro groups is 1. The van der Waals surface area contributed by atoms with Crippen LogP contribution in [0, 0.1) is 10.1 Å². The summed E-state index contributed by atoms with van der Waals surface area (Å²) in [6, 6.07) is 6.45. The number of nitrogens with one attached hydrogen (secondary N) is 1. The van der Waals surface area contributed by atoms with Gasteiger partial charge in [0.1, 0.15) is 5.69 Å². The Morgan fingerprint density at radius 1 is 1.11 bits per heavy atom. The van der Waals surface area contributed by atoms with Gasteiger partial charge in [0.05, 0.1) is 37.4 Å². The molecule has 11 nitrogen and oxygen atoms in total. The van der Waals surface area contributed by atoms with Gasteiger partial charge in [0.15, 0.2) is 11.5 Å². The van der Waals surface area contributed by atoms with Gasteiger partial charge in [-0.15, -0.1) is 0 Å². The summed E-state index contributed by atoms with van der Waals surface area (Å²) in [6.45, 7) is 0. The SMILES string of the molecule is COc1cc(C=NNc2ccc(S(N)(=O)=O)cc2[N+](=O)[O-])cc(OC)c1OC. The molecule has 0 spiro atoms. The Balaban J connectivity index is 2.33. The molecule has 12 heteroatoms. The highest BCUT2D eigenvalue weighted by atomic mass is 32.2. The Morgan fingerprint density at radius 2 is 1.71 bits per heavy atom. The number of rotatable bonds is 8. The molecule has 0 atom stereocenters. The monoisotopic (exact) mass is 410 g/mol. The quantitative estimate of drug-likeness (QED) is 0.378. The van der Waals surface area contributed by atoms with Gasteiger partial charge in [0.2, 0.25) is 15.8 Å². The second kappa shape index (κ2) is 8.54. The minimum atomic E-state index is -4.07. The van der Waals surface area contributed by atoms with E-state index in [1.54, 1.807) is 12.1 Å². The van der Waals surface area contributed by atoms with E-state index < -0.39 is 20.6 Å². The third kappa shape index (κ3) is 4.66. The van der Waals surface area contributed by atoms with Crippen LogP contribution in [0.4, 0.5) is 11.4 Å². The minimum Gasteiger partial charge on any atom is -0.493 e. The number of nitrogens with zero attached hydrogens (tertiary/aromatic N) is 2. The van der Waals surface area contributed by atoms with E-state index in [9.17, 15) is 18.5 Å². The molecule has 0 bridgehead atoms. The standard InChI is InChI=1S/C16H18N4O7S/c1-25-14-6-10(7-15(26-2)16(14)27-3)9-18-19-12-5-4-11(28(17,23)24)8-13(12)20(21)22/h4-9,19H,1-3H3,(H2,17,23,24). The summed E-state index contributed by atoms with van der Waals surface area (Å²) in [5.74, 6) is 1.22. The lowest BCUT2D eigenvalue weighted by molar-refractivity contribution is -0.384. The average molecular weight is 410 g/mol. The summed E-state index contributed by atoms with van der Waals surface area (Å²) in [5.41, 5.74) is 2.56. The summed E-state index contributed by atoms with van der Waals surface area (Å²) < 4.78 is 38.4. The molecule has 2 aromatic carbocycles. The normalized spacial score (nSPS) is 11.3. The number of nitrogens with two attached hydrogens (primary N) is 1. The van der Waals surface area contributed by atoms with Crippen LogP contribution in [0.5, 0.6) is 17.2 Å². The highest BCUT2D eigenvalue weighted by Gasteiger charge is 2.19. The van der Waals surface area contributed by atoms with E-state index in [-0.39, 0.29) is 10.6 Å². The molecular formula is C16H18N4O7S. The number of hydrogen-bond acceptors (Lipinski definition) is 9. The number of primary sulfonamides is 1. The smallest absolute Gasteiger partial charge is 0.295 e. The van der Waals surface area contributed by atoms with E-state index in [0.717, 1.165) is 12.1 Å². The van der Waals surface area contributed by atoms with E-state index in [1.165, 1.54) is 33.6 Å². The zero-order chi connectivity index (χ0) is 20.9. The van der Waals surface area contributed by atoms with Crippen molar-refractivity contribution < 1.29 is 27.6 Å². The number of methoxy groups -OCH3 is 3. The van der Waals surface area contributed by atoms with Crippen molar-refractivity contribution in [3.63, 3.8) is 0 Å². The molecule has 0 aliphatic rings. The molecule has 0 aromatic heterocycles. The second-order valence-corrected chi connectivity index (χ2v) is 6.87. The van der Waals surface area contributed by atoms with Crippen molar-refractivity contribution in [2.45, 2.75) is 4.90 Å². The molecule has 2 rings (SSSR count). The molecule has 0 unspecified atom stereocenters. The zero-order valence-corrected chi connectivity index (χ0v) is 16.0. The molecule has 150 valence electrons. The average Bonchev–Trinajstić information content (AvgIpc) is 2.66. The molecule has 0 radical (unpaired) electrons. The van der Waals surface area contributed by atoms with E-state index in [1.807, 2.05) is 0 Å². The molecule has 0 aliphatic heterocycles. The third-order valence-electron chi connectivity index (χ3n) is 3.58. The number of nitro benzene ring substituents is 1. The Labute approximate surface area is 160 Å². The highest BCUT2D eigenvalue weighted by molar-refractivity contribution is 7.89. The molecule has 0 amide bonds. The van der Waals surface area contributed by atoms with Crippen LogP contribution in [0.25, 0.3) is 0 Å². The molecule has 3 N–H and O–H groups in total. The van der Waals surface area contributed by atoms with Gasteiger partial charge in [0, 0.05) is 11.6 Å². The first-order valence-electron chi connectivity index (χ1n) is 7.61. The maximum Gasteiger partial charge on any atom is 0.295 e. The summed E-state index contributed by atoms with van der Waals surface area (Å²) in [6.07, 6.45) is 1.38. The lowest BCUT2D eigenvalue weighted by atomic mass is 10.2. The molecule has 0 heterocycles. The summed E-state index contributed by atoms with van der Waals surface area (Å²) >= 11 is 0. The lowest BCUT2D eigenvalue weighted by Crippen LogP contribution is -2.12. The number of sulfonamides is 1. The van der Waals surface area contributed by atoms with Gasteiger partial charge in [0.25, 0.3) is 5.69 Å². The van der Waals surface area contributed by atoms with Crippen molar-refractivity contribution in [3.8, 4) is 17.2 Å². The number of hydrazone groups is 1. The van der Waals surface area contributed by atoms with Crippen molar-refractivity contribution in [1.82, 2.24) is 0 Å².